The molecule has 0 aliphatic rings. The summed E-state index contributed by atoms with van der Waals surface area (Å²) in [6.45, 7) is 3.54. The maximum absolute atomic E-state index is 13.0. The van der Waals surface area contributed by atoms with E-state index in [1.165, 1.54) is 19.2 Å². The second kappa shape index (κ2) is 6.36. The van der Waals surface area contributed by atoms with Gasteiger partial charge in [-0.15, -0.1) is 0 Å². The van der Waals surface area contributed by atoms with Crippen LogP contribution in [0.2, 0.25) is 5.02 Å². The highest BCUT2D eigenvalue weighted by Gasteiger charge is 2.30. The van der Waals surface area contributed by atoms with Crippen molar-refractivity contribution in [2.75, 3.05) is 12.4 Å². The molecule has 0 bridgehead atoms. The molecule has 0 aliphatic carbocycles. The number of carbonyl (C=O) groups is 1. The molecule has 2 aromatic carbocycles. The van der Waals surface area contributed by atoms with Crippen LogP contribution >= 0.6 is 11.6 Å². The Morgan fingerprint density at radius 3 is 2.41 bits per heavy atom. The number of carbonyl (C=O) groups excluding carboxylic acids is 1. The summed E-state index contributed by atoms with van der Waals surface area (Å²) in [4.78, 5) is 12.6. The van der Waals surface area contributed by atoms with Crippen LogP contribution in [0.1, 0.15) is 19.4 Å². The third kappa shape index (κ3) is 3.39. The van der Waals surface area contributed by atoms with Crippen LogP contribution in [0.5, 0.6) is 5.75 Å². The lowest BCUT2D eigenvalue weighted by atomic mass is 9.83. The van der Waals surface area contributed by atoms with Crippen LogP contribution < -0.4 is 10.1 Å². The van der Waals surface area contributed by atoms with E-state index in [1.807, 2.05) is 0 Å². The first kappa shape index (κ1) is 16.3. The van der Waals surface area contributed by atoms with E-state index in [2.05, 4.69) is 5.32 Å². The topological polar surface area (TPSA) is 38.3 Å². The van der Waals surface area contributed by atoms with Gasteiger partial charge in [0.15, 0.2) is 0 Å². The molecule has 0 saturated carbocycles. The maximum atomic E-state index is 13.0. The first-order valence-electron chi connectivity index (χ1n) is 6.75. The van der Waals surface area contributed by atoms with Gasteiger partial charge in [-0.1, -0.05) is 23.7 Å². The Kier molecular flexibility index (Phi) is 4.71. The molecule has 0 atom stereocenters. The molecule has 0 radical (unpaired) electrons. The molecule has 2 aromatic rings. The van der Waals surface area contributed by atoms with Crippen LogP contribution in [0.3, 0.4) is 0 Å². The van der Waals surface area contributed by atoms with Gasteiger partial charge in [0.05, 0.1) is 18.2 Å². The zero-order valence-electron chi connectivity index (χ0n) is 12.6. The minimum absolute atomic E-state index is 0.236. The number of benzene rings is 2. The highest BCUT2D eigenvalue weighted by atomic mass is 35.5. The Bertz CT molecular complexity index is 684. The summed E-state index contributed by atoms with van der Waals surface area (Å²) in [5, 5.41) is 3.31. The van der Waals surface area contributed by atoms with Gasteiger partial charge in [0.2, 0.25) is 5.91 Å². The summed E-state index contributed by atoms with van der Waals surface area (Å²) in [5.41, 5.74) is 0.378. The van der Waals surface area contributed by atoms with Gasteiger partial charge in [0, 0.05) is 5.02 Å². The number of nitrogens with one attached hydrogen (secondary N) is 1. The fourth-order valence-corrected chi connectivity index (χ4v) is 2.23. The molecule has 0 aliphatic heterocycles. The van der Waals surface area contributed by atoms with Gasteiger partial charge in [-0.25, -0.2) is 4.39 Å². The van der Waals surface area contributed by atoms with E-state index < -0.39 is 5.41 Å². The molecule has 22 heavy (non-hydrogen) atoms. The van der Waals surface area contributed by atoms with Crippen molar-refractivity contribution in [1.82, 2.24) is 0 Å². The standard InChI is InChI=1S/C17H17ClFNO2/c1-17(2,11-4-7-13(19)8-5-11)16(21)20-14-10-12(18)6-9-15(14)22-3/h4-10H,1-3H3,(H,20,21). The molecule has 0 fully saturated rings. The number of ether oxygens (including phenoxy) is 1. The average Bonchev–Trinajstić information content (AvgIpc) is 2.48. The van der Waals surface area contributed by atoms with E-state index in [-0.39, 0.29) is 11.7 Å². The molecular weight excluding hydrogens is 305 g/mol. The number of rotatable bonds is 4. The fraction of sp³-hybridized carbons (Fsp3) is 0.235. The first-order chi connectivity index (χ1) is 10.3. The molecule has 1 amide bonds. The largest absolute Gasteiger partial charge is 0.495 e. The zero-order valence-corrected chi connectivity index (χ0v) is 13.4. The normalized spacial score (nSPS) is 11.1. The molecule has 2 rings (SSSR count). The van der Waals surface area contributed by atoms with Crippen LogP contribution in [0.25, 0.3) is 0 Å². The molecule has 1 N–H and O–H groups in total. The fourth-order valence-electron chi connectivity index (χ4n) is 2.05. The number of hydrogen-bond acceptors (Lipinski definition) is 2. The van der Waals surface area contributed by atoms with Gasteiger partial charge in [0.1, 0.15) is 11.6 Å². The molecule has 5 heteroatoms. The summed E-state index contributed by atoms with van der Waals surface area (Å²) in [7, 11) is 1.52. The third-order valence-electron chi connectivity index (χ3n) is 3.54. The summed E-state index contributed by atoms with van der Waals surface area (Å²) < 4.78 is 18.2. The van der Waals surface area contributed by atoms with Crippen molar-refractivity contribution in [2.24, 2.45) is 0 Å². The molecule has 0 spiro atoms. The maximum Gasteiger partial charge on any atom is 0.234 e. The van der Waals surface area contributed by atoms with Crippen molar-refractivity contribution >= 4 is 23.2 Å². The Hall–Kier alpha value is -2.07. The summed E-state index contributed by atoms with van der Waals surface area (Å²) >= 11 is 5.96. The smallest absolute Gasteiger partial charge is 0.234 e. The van der Waals surface area contributed by atoms with Gasteiger partial charge in [0.25, 0.3) is 0 Å². The number of hydrogen-bond donors (Lipinski definition) is 1. The summed E-state index contributed by atoms with van der Waals surface area (Å²) in [6.07, 6.45) is 0. The van der Waals surface area contributed by atoms with E-state index in [9.17, 15) is 9.18 Å². The quantitative estimate of drug-likeness (QED) is 0.906. The van der Waals surface area contributed by atoms with Crippen molar-refractivity contribution in [3.8, 4) is 5.75 Å². The van der Waals surface area contributed by atoms with Crippen molar-refractivity contribution < 1.29 is 13.9 Å². The van der Waals surface area contributed by atoms with E-state index >= 15 is 0 Å². The van der Waals surface area contributed by atoms with Crippen LogP contribution in [-0.4, -0.2) is 13.0 Å². The van der Waals surface area contributed by atoms with Gasteiger partial charge in [-0.05, 0) is 49.7 Å². The second-order valence-corrected chi connectivity index (χ2v) is 5.87. The second-order valence-electron chi connectivity index (χ2n) is 5.43. The predicted octanol–water partition coefficient (Wildman–Crippen LogP) is 4.40. The minimum atomic E-state index is -0.832. The number of methoxy groups -OCH3 is 1. The van der Waals surface area contributed by atoms with E-state index in [1.54, 1.807) is 44.2 Å². The SMILES string of the molecule is COc1ccc(Cl)cc1NC(=O)C(C)(C)c1ccc(F)cc1. The monoisotopic (exact) mass is 321 g/mol. The zero-order chi connectivity index (χ0) is 16.3. The highest BCUT2D eigenvalue weighted by molar-refractivity contribution is 6.31. The Morgan fingerprint density at radius 1 is 1.18 bits per heavy atom. The van der Waals surface area contributed by atoms with Crippen molar-refractivity contribution in [3.05, 3.63) is 58.9 Å². The average molecular weight is 322 g/mol. The van der Waals surface area contributed by atoms with E-state index in [0.29, 0.717) is 22.0 Å². The van der Waals surface area contributed by atoms with Crippen LogP contribution in [-0.2, 0) is 10.2 Å². The van der Waals surface area contributed by atoms with Crippen LogP contribution in [0.4, 0.5) is 10.1 Å². The van der Waals surface area contributed by atoms with E-state index in [4.69, 9.17) is 16.3 Å². The Labute approximate surface area is 134 Å². The molecule has 116 valence electrons. The highest BCUT2D eigenvalue weighted by Crippen LogP contribution is 2.31. The number of anilines is 1. The molecule has 3 nitrogen and oxygen atoms in total. The third-order valence-corrected chi connectivity index (χ3v) is 3.78. The van der Waals surface area contributed by atoms with Crippen molar-refractivity contribution in [2.45, 2.75) is 19.3 Å². The molecule has 0 aromatic heterocycles. The molecular formula is C17H17ClFNO2. The Morgan fingerprint density at radius 2 is 1.82 bits per heavy atom. The first-order valence-corrected chi connectivity index (χ1v) is 7.13. The van der Waals surface area contributed by atoms with Crippen LogP contribution in [0, 0.1) is 5.82 Å². The van der Waals surface area contributed by atoms with Gasteiger partial charge in [-0.3, -0.25) is 4.79 Å². The lowest BCUT2D eigenvalue weighted by Gasteiger charge is -2.24. The molecule has 0 unspecified atom stereocenters. The van der Waals surface area contributed by atoms with Gasteiger partial charge in [-0.2, -0.15) is 0 Å². The van der Waals surface area contributed by atoms with Crippen molar-refractivity contribution in [1.29, 1.82) is 0 Å². The van der Waals surface area contributed by atoms with Crippen molar-refractivity contribution in [3.63, 3.8) is 0 Å². The van der Waals surface area contributed by atoms with Gasteiger partial charge < -0.3 is 10.1 Å². The number of halogens is 2. The van der Waals surface area contributed by atoms with Gasteiger partial charge >= 0.3 is 0 Å². The predicted molar refractivity (Wildman–Crippen MR) is 86.1 cm³/mol. The van der Waals surface area contributed by atoms with E-state index in [0.717, 1.165) is 0 Å². The lowest BCUT2D eigenvalue weighted by molar-refractivity contribution is -0.120. The summed E-state index contributed by atoms with van der Waals surface area (Å²) in [6, 6.07) is 10.9. The number of amides is 1. The molecule has 0 heterocycles. The Balaban J connectivity index is 2.28. The molecule has 0 saturated heterocycles. The van der Waals surface area contributed by atoms with Crippen LogP contribution in [0.15, 0.2) is 42.5 Å². The summed E-state index contributed by atoms with van der Waals surface area (Å²) in [5.74, 6) is -0.0520. The minimum Gasteiger partial charge on any atom is -0.495 e. The lowest BCUT2D eigenvalue weighted by Crippen LogP contribution is -2.34.